The molecule has 0 aliphatic carbocycles. The Morgan fingerprint density at radius 3 is 2.58 bits per heavy atom. The van der Waals surface area contributed by atoms with Gasteiger partial charge in [-0.2, -0.15) is 0 Å². The third-order valence-corrected chi connectivity index (χ3v) is 6.94. The van der Waals surface area contributed by atoms with Crippen molar-refractivity contribution in [2.24, 2.45) is 5.92 Å². The SMILES string of the molecule is CCCCN(C)C(=O)C1CCN(C(=O)c2sc(COc3ccc(Cl)cc3)nc2C)CC1. The lowest BCUT2D eigenvalue weighted by Crippen LogP contribution is -2.43. The van der Waals surface area contributed by atoms with Crippen LogP contribution in [0.5, 0.6) is 5.75 Å². The molecule has 2 heterocycles. The van der Waals surface area contributed by atoms with Crippen molar-refractivity contribution in [3.8, 4) is 5.75 Å². The van der Waals surface area contributed by atoms with Crippen LogP contribution < -0.4 is 4.74 Å². The number of rotatable bonds is 8. The van der Waals surface area contributed by atoms with Gasteiger partial charge in [-0.05, 0) is 50.5 Å². The van der Waals surface area contributed by atoms with Gasteiger partial charge in [0.25, 0.3) is 5.91 Å². The highest BCUT2D eigenvalue weighted by Crippen LogP contribution is 2.26. The normalized spacial score (nSPS) is 14.5. The van der Waals surface area contributed by atoms with Gasteiger partial charge in [0.15, 0.2) is 0 Å². The Kier molecular flexibility index (Phi) is 8.32. The number of hydrogen-bond acceptors (Lipinski definition) is 5. The molecule has 0 atom stereocenters. The number of halogens is 1. The zero-order chi connectivity index (χ0) is 22.4. The third kappa shape index (κ3) is 6.20. The van der Waals surface area contributed by atoms with E-state index >= 15 is 0 Å². The van der Waals surface area contributed by atoms with Crippen molar-refractivity contribution in [1.82, 2.24) is 14.8 Å². The van der Waals surface area contributed by atoms with Crippen LogP contribution in [0, 0.1) is 12.8 Å². The van der Waals surface area contributed by atoms with E-state index in [2.05, 4.69) is 11.9 Å². The molecule has 31 heavy (non-hydrogen) atoms. The number of carbonyl (C=O) groups excluding carboxylic acids is 2. The highest BCUT2D eigenvalue weighted by molar-refractivity contribution is 7.13. The predicted octanol–water partition coefficient (Wildman–Crippen LogP) is 4.79. The molecule has 0 spiro atoms. The van der Waals surface area contributed by atoms with Crippen LogP contribution in [0.2, 0.25) is 5.02 Å². The summed E-state index contributed by atoms with van der Waals surface area (Å²) in [6.45, 7) is 6.29. The first-order chi connectivity index (χ1) is 14.9. The maximum atomic E-state index is 13.0. The Morgan fingerprint density at radius 2 is 1.94 bits per heavy atom. The summed E-state index contributed by atoms with van der Waals surface area (Å²) in [5.41, 5.74) is 0.724. The zero-order valence-corrected chi connectivity index (χ0v) is 20.0. The van der Waals surface area contributed by atoms with E-state index in [1.54, 1.807) is 24.3 Å². The van der Waals surface area contributed by atoms with Crippen LogP contribution in [0.15, 0.2) is 24.3 Å². The summed E-state index contributed by atoms with van der Waals surface area (Å²) in [5.74, 6) is 0.923. The van der Waals surface area contributed by atoms with Gasteiger partial charge < -0.3 is 14.5 Å². The van der Waals surface area contributed by atoms with Gasteiger partial charge in [-0.25, -0.2) is 4.98 Å². The molecule has 3 rings (SSSR count). The number of likely N-dealkylation sites (tertiary alicyclic amines) is 1. The molecule has 1 aromatic heterocycles. The van der Waals surface area contributed by atoms with Crippen LogP contribution in [0.3, 0.4) is 0 Å². The second-order valence-corrected chi connectivity index (χ2v) is 9.46. The Labute approximate surface area is 193 Å². The molecule has 0 saturated carbocycles. The fourth-order valence-corrected chi connectivity index (χ4v) is 4.75. The highest BCUT2D eigenvalue weighted by Gasteiger charge is 2.30. The first kappa shape index (κ1) is 23.5. The van der Waals surface area contributed by atoms with Gasteiger partial charge in [-0.1, -0.05) is 24.9 Å². The van der Waals surface area contributed by atoms with E-state index in [0.29, 0.717) is 48.2 Å². The summed E-state index contributed by atoms with van der Waals surface area (Å²) in [5, 5.41) is 1.42. The van der Waals surface area contributed by atoms with Crippen molar-refractivity contribution >= 4 is 34.8 Å². The van der Waals surface area contributed by atoms with Crippen LogP contribution in [-0.2, 0) is 11.4 Å². The number of nitrogens with zero attached hydrogens (tertiary/aromatic N) is 3. The van der Waals surface area contributed by atoms with E-state index in [0.717, 1.165) is 30.1 Å². The monoisotopic (exact) mass is 463 g/mol. The molecule has 8 heteroatoms. The minimum Gasteiger partial charge on any atom is -0.486 e. The van der Waals surface area contributed by atoms with Crippen molar-refractivity contribution in [3.05, 3.63) is 44.9 Å². The van der Waals surface area contributed by atoms with E-state index in [1.165, 1.54) is 11.3 Å². The van der Waals surface area contributed by atoms with Crippen molar-refractivity contribution in [2.45, 2.75) is 46.1 Å². The molecule has 1 saturated heterocycles. The van der Waals surface area contributed by atoms with Gasteiger partial charge in [0, 0.05) is 37.6 Å². The van der Waals surface area contributed by atoms with Gasteiger partial charge in [-0.3, -0.25) is 9.59 Å². The van der Waals surface area contributed by atoms with Crippen LogP contribution in [0.25, 0.3) is 0 Å². The zero-order valence-electron chi connectivity index (χ0n) is 18.4. The molecule has 2 aromatic rings. The molecule has 2 amide bonds. The van der Waals surface area contributed by atoms with E-state index in [4.69, 9.17) is 16.3 Å². The molecule has 168 valence electrons. The number of aryl methyl sites for hydroxylation is 1. The van der Waals surface area contributed by atoms with Crippen molar-refractivity contribution in [3.63, 3.8) is 0 Å². The van der Waals surface area contributed by atoms with Crippen LogP contribution >= 0.6 is 22.9 Å². The first-order valence-corrected chi connectivity index (χ1v) is 12.0. The maximum absolute atomic E-state index is 13.0. The largest absolute Gasteiger partial charge is 0.486 e. The number of thiazole rings is 1. The lowest BCUT2D eigenvalue weighted by molar-refractivity contribution is -0.135. The van der Waals surface area contributed by atoms with E-state index in [1.807, 2.05) is 23.8 Å². The summed E-state index contributed by atoms with van der Waals surface area (Å²) in [6.07, 6.45) is 3.52. The third-order valence-electron chi connectivity index (χ3n) is 5.57. The average Bonchev–Trinajstić information content (AvgIpc) is 3.16. The predicted molar refractivity (Wildman–Crippen MR) is 124 cm³/mol. The standard InChI is InChI=1S/C23H30ClN3O3S/c1-4-5-12-26(3)22(28)17-10-13-27(14-11-17)23(29)21-16(2)25-20(31-21)15-30-19-8-6-18(24)7-9-19/h6-9,17H,4-5,10-15H2,1-3H3. The number of benzene rings is 1. The Bertz CT molecular complexity index is 892. The second-order valence-electron chi connectivity index (χ2n) is 7.94. The average molecular weight is 464 g/mol. The number of carbonyl (C=O) groups is 2. The molecule has 1 fully saturated rings. The molecular formula is C23H30ClN3O3S. The van der Waals surface area contributed by atoms with Crippen molar-refractivity contribution in [2.75, 3.05) is 26.7 Å². The molecule has 0 unspecified atom stereocenters. The van der Waals surface area contributed by atoms with Gasteiger partial charge in [0.2, 0.25) is 5.91 Å². The Hall–Kier alpha value is -2.12. The summed E-state index contributed by atoms with van der Waals surface area (Å²) in [7, 11) is 1.88. The molecule has 0 radical (unpaired) electrons. The minimum atomic E-state index is -0.00187. The number of hydrogen-bond donors (Lipinski definition) is 0. The number of aromatic nitrogens is 1. The summed E-state index contributed by atoms with van der Waals surface area (Å²) >= 11 is 7.27. The van der Waals surface area contributed by atoms with E-state index in [-0.39, 0.29) is 17.7 Å². The van der Waals surface area contributed by atoms with Crippen LogP contribution in [0.4, 0.5) is 0 Å². The Balaban J connectivity index is 1.53. The lowest BCUT2D eigenvalue weighted by Gasteiger charge is -2.33. The van der Waals surface area contributed by atoms with Gasteiger partial charge in [0.1, 0.15) is 22.2 Å². The quantitative estimate of drug-likeness (QED) is 0.564. The van der Waals surface area contributed by atoms with Crippen molar-refractivity contribution in [1.29, 1.82) is 0 Å². The number of piperidine rings is 1. The minimum absolute atomic E-state index is 0.00187. The second kappa shape index (κ2) is 11.0. The lowest BCUT2D eigenvalue weighted by atomic mass is 9.95. The van der Waals surface area contributed by atoms with Crippen LogP contribution in [-0.4, -0.2) is 53.3 Å². The van der Waals surface area contributed by atoms with Gasteiger partial charge in [0.05, 0.1) is 5.69 Å². The summed E-state index contributed by atoms with van der Waals surface area (Å²) in [4.78, 5) is 34.5. The van der Waals surface area contributed by atoms with Crippen molar-refractivity contribution < 1.29 is 14.3 Å². The molecule has 6 nitrogen and oxygen atoms in total. The number of ether oxygens (including phenoxy) is 1. The summed E-state index contributed by atoms with van der Waals surface area (Å²) < 4.78 is 5.75. The smallest absolute Gasteiger partial charge is 0.265 e. The summed E-state index contributed by atoms with van der Waals surface area (Å²) in [6, 6.07) is 7.16. The van der Waals surface area contributed by atoms with Crippen LogP contribution in [0.1, 0.15) is 53.0 Å². The molecule has 1 aromatic carbocycles. The topological polar surface area (TPSA) is 62.7 Å². The molecular weight excluding hydrogens is 434 g/mol. The molecule has 1 aliphatic rings. The fourth-order valence-electron chi connectivity index (χ4n) is 3.68. The fraction of sp³-hybridized carbons (Fsp3) is 0.522. The first-order valence-electron chi connectivity index (χ1n) is 10.8. The van der Waals surface area contributed by atoms with Gasteiger partial charge >= 0.3 is 0 Å². The number of unbranched alkanes of at least 4 members (excludes halogenated alkanes) is 1. The molecule has 0 N–H and O–H groups in total. The molecule has 1 aliphatic heterocycles. The number of amides is 2. The van der Waals surface area contributed by atoms with E-state index in [9.17, 15) is 9.59 Å². The maximum Gasteiger partial charge on any atom is 0.265 e. The highest BCUT2D eigenvalue weighted by atomic mass is 35.5. The van der Waals surface area contributed by atoms with Gasteiger partial charge in [-0.15, -0.1) is 11.3 Å². The molecule has 0 bridgehead atoms. The van der Waals surface area contributed by atoms with E-state index < -0.39 is 0 Å². The Morgan fingerprint density at radius 1 is 1.26 bits per heavy atom.